The Morgan fingerprint density at radius 1 is 1.10 bits per heavy atom. The second-order valence-electron chi connectivity index (χ2n) is 6.69. The highest BCUT2D eigenvalue weighted by Gasteiger charge is 2.17. The van der Waals surface area contributed by atoms with Gasteiger partial charge >= 0.3 is 0 Å². The van der Waals surface area contributed by atoms with Crippen LogP contribution in [0.25, 0.3) is 22.2 Å². The van der Waals surface area contributed by atoms with Crippen LogP contribution in [0.15, 0.2) is 59.9 Å². The Kier molecular flexibility index (Phi) is 4.09. The summed E-state index contributed by atoms with van der Waals surface area (Å²) in [6, 6.07) is 11.3. The van der Waals surface area contributed by atoms with Crippen molar-refractivity contribution in [2.24, 2.45) is 7.05 Å². The van der Waals surface area contributed by atoms with Crippen molar-refractivity contribution in [3.05, 3.63) is 71.0 Å². The standard InChI is InChI=1S/C21H17N5O3/c1-26-11-24-16-9-15(14-2-3-17-18(8-14)29-12-28-17)25-20(19(16)21(26)27)23-10-13-4-6-22-7-5-13/h2-9,11H,10,12H2,1H3,(H,23,25). The quantitative estimate of drug-likeness (QED) is 0.576. The molecule has 4 heterocycles. The van der Waals surface area contributed by atoms with Gasteiger partial charge in [0.05, 0.1) is 17.5 Å². The van der Waals surface area contributed by atoms with E-state index in [1.165, 1.54) is 10.9 Å². The highest BCUT2D eigenvalue weighted by molar-refractivity contribution is 5.91. The Morgan fingerprint density at radius 2 is 1.93 bits per heavy atom. The molecule has 4 aromatic rings. The van der Waals surface area contributed by atoms with Gasteiger partial charge in [-0.15, -0.1) is 0 Å². The predicted octanol–water partition coefficient (Wildman–Crippen LogP) is 2.73. The van der Waals surface area contributed by atoms with Crippen molar-refractivity contribution in [3.63, 3.8) is 0 Å². The van der Waals surface area contributed by atoms with Gasteiger partial charge in [0.25, 0.3) is 5.56 Å². The normalized spacial score (nSPS) is 12.3. The van der Waals surface area contributed by atoms with Crippen LogP contribution in [0.2, 0.25) is 0 Å². The molecule has 0 saturated heterocycles. The number of pyridine rings is 2. The second kappa shape index (κ2) is 6.90. The number of nitrogens with one attached hydrogen (secondary N) is 1. The predicted molar refractivity (Wildman–Crippen MR) is 108 cm³/mol. The van der Waals surface area contributed by atoms with Crippen molar-refractivity contribution < 1.29 is 9.47 Å². The number of benzene rings is 1. The fourth-order valence-corrected chi connectivity index (χ4v) is 3.24. The highest BCUT2D eigenvalue weighted by Crippen LogP contribution is 2.36. The van der Waals surface area contributed by atoms with E-state index in [0.29, 0.717) is 40.5 Å². The third-order valence-corrected chi connectivity index (χ3v) is 4.78. The summed E-state index contributed by atoms with van der Waals surface area (Å²) in [6.07, 6.45) is 4.97. The summed E-state index contributed by atoms with van der Waals surface area (Å²) in [5.74, 6) is 1.87. The molecule has 1 N–H and O–H groups in total. The summed E-state index contributed by atoms with van der Waals surface area (Å²) in [6.45, 7) is 0.716. The fourth-order valence-electron chi connectivity index (χ4n) is 3.24. The molecule has 0 radical (unpaired) electrons. The maximum atomic E-state index is 12.8. The van der Waals surface area contributed by atoms with Crippen LogP contribution < -0.4 is 20.3 Å². The molecule has 0 bridgehead atoms. The molecule has 29 heavy (non-hydrogen) atoms. The van der Waals surface area contributed by atoms with Crippen LogP contribution in [0.5, 0.6) is 11.5 Å². The van der Waals surface area contributed by atoms with Crippen LogP contribution in [0.4, 0.5) is 5.82 Å². The van der Waals surface area contributed by atoms with Crippen LogP contribution in [0, 0.1) is 0 Å². The highest BCUT2D eigenvalue weighted by atomic mass is 16.7. The molecule has 0 saturated carbocycles. The van der Waals surface area contributed by atoms with Crippen molar-refractivity contribution in [2.75, 3.05) is 12.1 Å². The third-order valence-electron chi connectivity index (χ3n) is 4.78. The van der Waals surface area contributed by atoms with Gasteiger partial charge in [0, 0.05) is 31.5 Å². The molecule has 8 heteroatoms. The number of anilines is 1. The van der Waals surface area contributed by atoms with Gasteiger partial charge in [-0.25, -0.2) is 9.97 Å². The molecule has 1 aromatic carbocycles. The van der Waals surface area contributed by atoms with Crippen LogP contribution >= 0.6 is 0 Å². The minimum Gasteiger partial charge on any atom is -0.454 e. The summed E-state index contributed by atoms with van der Waals surface area (Å²) in [7, 11) is 1.67. The van der Waals surface area contributed by atoms with E-state index in [4.69, 9.17) is 14.5 Å². The van der Waals surface area contributed by atoms with Crippen molar-refractivity contribution >= 4 is 16.7 Å². The molecular formula is C21H17N5O3. The number of aryl methyl sites for hydroxylation is 1. The lowest BCUT2D eigenvalue weighted by Crippen LogP contribution is -2.19. The van der Waals surface area contributed by atoms with E-state index in [1.54, 1.807) is 19.4 Å². The minimum atomic E-state index is -0.156. The summed E-state index contributed by atoms with van der Waals surface area (Å²) in [5, 5.41) is 3.74. The van der Waals surface area contributed by atoms with E-state index >= 15 is 0 Å². The zero-order chi connectivity index (χ0) is 19.8. The number of ether oxygens (including phenoxy) is 2. The second-order valence-corrected chi connectivity index (χ2v) is 6.69. The first-order chi connectivity index (χ1) is 14.2. The van der Waals surface area contributed by atoms with Gasteiger partial charge in [-0.05, 0) is 42.0 Å². The molecule has 0 aliphatic carbocycles. The maximum Gasteiger partial charge on any atom is 0.264 e. The number of rotatable bonds is 4. The SMILES string of the molecule is Cn1cnc2cc(-c3ccc4c(c3)OCO4)nc(NCc3ccncc3)c2c1=O. The average Bonchev–Trinajstić information content (AvgIpc) is 3.23. The number of aromatic nitrogens is 4. The third kappa shape index (κ3) is 3.14. The molecule has 8 nitrogen and oxygen atoms in total. The van der Waals surface area contributed by atoms with Gasteiger partial charge in [0.15, 0.2) is 11.5 Å². The van der Waals surface area contributed by atoms with Crippen molar-refractivity contribution in [3.8, 4) is 22.8 Å². The number of hydrogen-bond donors (Lipinski definition) is 1. The van der Waals surface area contributed by atoms with Crippen molar-refractivity contribution in [1.82, 2.24) is 19.5 Å². The number of fused-ring (bicyclic) bond motifs is 2. The van der Waals surface area contributed by atoms with Gasteiger partial charge in [-0.3, -0.25) is 9.78 Å². The Hall–Kier alpha value is -3.94. The lowest BCUT2D eigenvalue weighted by molar-refractivity contribution is 0.174. The molecule has 0 spiro atoms. The molecule has 0 fully saturated rings. The van der Waals surface area contributed by atoms with Gasteiger partial charge in [0.1, 0.15) is 11.2 Å². The summed E-state index contributed by atoms with van der Waals surface area (Å²) in [5.41, 5.74) is 2.99. The van der Waals surface area contributed by atoms with Crippen molar-refractivity contribution in [2.45, 2.75) is 6.54 Å². The largest absolute Gasteiger partial charge is 0.454 e. The minimum absolute atomic E-state index is 0.156. The van der Waals surface area contributed by atoms with Gasteiger partial charge in [0.2, 0.25) is 6.79 Å². The smallest absolute Gasteiger partial charge is 0.264 e. The van der Waals surface area contributed by atoms with E-state index in [-0.39, 0.29) is 12.4 Å². The molecule has 3 aromatic heterocycles. The van der Waals surface area contributed by atoms with Crippen LogP contribution in [-0.2, 0) is 13.6 Å². The lowest BCUT2D eigenvalue weighted by atomic mass is 10.1. The number of nitrogens with zero attached hydrogens (tertiary/aromatic N) is 4. The molecule has 0 amide bonds. The van der Waals surface area contributed by atoms with E-state index in [9.17, 15) is 4.79 Å². The average molecular weight is 387 g/mol. The Labute approximate surface area is 165 Å². The first-order valence-corrected chi connectivity index (χ1v) is 9.08. The first kappa shape index (κ1) is 17.2. The molecule has 1 aliphatic rings. The zero-order valence-electron chi connectivity index (χ0n) is 15.6. The molecule has 0 atom stereocenters. The number of hydrogen-bond acceptors (Lipinski definition) is 7. The molecule has 5 rings (SSSR count). The van der Waals surface area contributed by atoms with Crippen LogP contribution in [0.1, 0.15) is 5.56 Å². The Bertz CT molecular complexity index is 1270. The van der Waals surface area contributed by atoms with Gasteiger partial charge in [-0.1, -0.05) is 0 Å². The maximum absolute atomic E-state index is 12.8. The fraction of sp³-hybridized carbons (Fsp3) is 0.143. The van der Waals surface area contributed by atoms with Crippen molar-refractivity contribution in [1.29, 1.82) is 0 Å². The lowest BCUT2D eigenvalue weighted by Gasteiger charge is -2.12. The molecule has 144 valence electrons. The molecule has 1 aliphatic heterocycles. The molecular weight excluding hydrogens is 370 g/mol. The van der Waals surface area contributed by atoms with E-state index in [2.05, 4.69) is 15.3 Å². The summed E-state index contributed by atoms with van der Waals surface area (Å²) >= 11 is 0. The van der Waals surface area contributed by atoms with Crippen LogP contribution in [-0.4, -0.2) is 26.3 Å². The first-order valence-electron chi connectivity index (χ1n) is 9.08. The summed E-state index contributed by atoms with van der Waals surface area (Å²) < 4.78 is 12.3. The Balaban J connectivity index is 1.62. The van der Waals surface area contributed by atoms with Crippen LogP contribution in [0.3, 0.4) is 0 Å². The zero-order valence-corrected chi connectivity index (χ0v) is 15.6. The topological polar surface area (TPSA) is 91.2 Å². The van der Waals surface area contributed by atoms with Gasteiger partial charge in [-0.2, -0.15) is 0 Å². The monoisotopic (exact) mass is 387 g/mol. The van der Waals surface area contributed by atoms with Gasteiger partial charge < -0.3 is 19.4 Å². The van der Waals surface area contributed by atoms with E-state index in [1.807, 2.05) is 36.4 Å². The Morgan fingerprint density at radius 3 is 2.79 bits per heavy atom. The van der Waals surface area contributed by atoms with E-state index < -0.39 is 0 Å². The molecule has 0 unspecified atom stereocenters. The summed E-state index contributed by atoms with van der Waals surface area (Å²) in [4.78, 5) is 26.0. The van der Waals surface area contributed by atoms with E-state index in [0.717, 1.165) is 11.1 Å².